The molecule has 1 aliphatic heterocycles. The van der Waals surface area contributed by atoms with Gasteiger partial charge in [-0.25, -0.2) is 0 Å². The summed E-state index contributed by atoms with van der Waals surface area (Å²) < 4.78 is 17.6. The van der Waals surface area contributed by atoms with E-state index in [-0.39, 0.29) is 34.8 Å². The van der Waals surface area contributed by atoms with Gasteiger partial charge >= 0.3 is 0 Å². The summed E-state index contributed by atoms with van der Waals surface area (Å²) in [5, 5.41) is 6.75. The van der Waals surface area contributed by atoms with E-state index in [0.717, 1.165) is 31.3 Å². The zero-order valence-corrected chi connectivity index (χ0v) is 21.5. The van der Waals surface area contributed by atoms with Gasteiger partial charge in [0.1, 0.15) is 5.75 Å². The van der Waals surface area contributed by atoms with Crippen LogP contribution in [0.1, 0.15) is 45.2 Å². The first-order valence-corrected chi connectivity index (χ1v) is 11.4. The highest BCUT2D eigenvalue weighted by molar-refractivity contribution is 14.0. The molecule has 2 rings (SSSR count). The SMILES string of the molecule is CN=C(NCCS(=O)C(C)(C)C)NCC(c1ccccc1OC)N1CCCC1.I. The third-order valence-corrected chi connectivity index (χ3v) is 6.97. The minimum Gasteiger partial charge on any atom is -0.496 e. The largest absolute Gasteiger partial charge is 0.496 e. The van der Waals surface area contributed by atoms with E-state index < -0.39 is 10.8 Å². The van der Waals surface area contributed by atoms with Gasteiger partial charge in [-0.3, -0.25) is 14.1 Å². The smallest absolute Gasteiger partial charge is 0.191 e. The summed E-state index contributed by atoms with van der Waals surface area (Å²) in [6.07, 6.45) is 2.47. The maximum atomic E-state index is 12.2. The molecule has 1 heterocycles. The van der Waals surface area contributed by atoms with Crippen molar-refractivity contribution in [3.8, 4) is 5.75 Å². The van der Waals surface area contributed by atoms with E-state index in [1.807, 2.05) is 32.9 Å². The van der Waals surface area contributed by atoms with Crippen LogP contribution in [0.4, 0.5) is 0 Å². The number of hydrogen-bond donors (Lipinski definition) is 2. The maximum absolute atomic E-state index is 12.2. The van der Waals surface area contributed by atoms with E-state index in [4.69, 9.17) is 4.74 Å². The van der Waals surface area contributed by atoms with Crippen LogP contribution >= 0.6 is 24.0 Å². The Hall–Kier alpha value is -0.870. The second-order valence-corrected chi connectivity index (χ2v) is 10.4. The van der Waals surface area contributed by atoms with Gasteiger partial charge in [0.2, 0.25) is 0 Å². The van der Waals surface area contributed by atoms with Crippen LogP contribution in [0.25, 0.3) is 0 Å². The Morgan fingerprint density at radius 3 is 2.48 bits per heavy atom. The number of para-hydroxylation sites is 1. The number of methoxy groups -OCH3 is 1. The first-order valence-electron chi connectivity index (χ1n) is 10.1. The molecule has 6 nitrogen and oxygen atoms in total. The topological polar surface area (TPSA) is 66.0 Å². The number of guanidine groups is 1. The van der Waals surface area contributed by atoms with Gasteiger partial charge in [-0.1, -0.05) is 18.2 Å². The Balaban J connectivity index is 0.00000420. The van der Waals surface area contributed by atoms with Crippen molar-refractivity contribution < 1.29 is 8.95 Å². The molecule has 1 saturated heterocycles. The lowest BCUT2D eigenvalue weighted by Crippen LogP contribution is -2.44. The number of ether oxygens (including phenoxy) is 1. The number of nitrogens with zero attached hydrogens (tertiary/aromatic N) is 2. The van der Waals surface area contributed by atoms with Crippen LogP contribution in [0.2, 0.25) is 0 Å². The van der Waals surface area contributed by atoms with Crippen LogP contribution in [0.5, 0.6) is 5.75 Å². The molecular formula is C21H37IN4O2S. The van der Waals surface area contributed by atoms with Crippen molar-refractivity contribution in [3.05, 3.63) is 29.8 Å². The van der Waals surface area contributed by atoms with E-state index in [1.165, 1.54) is 18.4 Å². The maximum Gasteiger partial charge on any atom is 0.191 e. The first-order chi connectivity index (χ1) is 13.4. The zero-order chi connectivity index (χ0) is 20.6. The molecule has 2 atom stereocenters. The molecule has 1 fully saturated rings. The summed E-state index contributed by atoms with van der Waals surface area (Å²) in [6, 6.07) is 8.46. The van der Waals surface area contributed by atoms with Crippen molar-refractivity contribution in [2.75, 3.05) is 46.1 Å². The third-order valence-electron chi connectivity index (χ3n) is 5.03. The van der Waals surface area contributed by atoms with Crippen LogP contribution in [0.15, 0.2) is 29.3 Å². The lowest BCUT2D eigenvalue weighted by Gasteiger charge is -2.30. The van der Waals surface area contributed by atoms with Gasteiger partial charge in [-0.2, -0.15) is 0 Å². The van der Waals surface area contributed by atoms with E-state index in [1.54, 1.807) is 14.2 Å². The van der Waals surface area contributed by atoms with Crippen molar-refractivity contribution in [1.29, 1.82) is 0 Å². The molecule has 8 heteroatoms. The number of likely N-dealkylation sites (tertiary alicyclic amines) is 1. The number of benzene rings is 1. The van der Waals surface area contributed by atoms with Gasteiger partial charge in [0.15, 0.2) is 5.96 Å². The van der Waals surface area contributed by atoms with Gasteiger partial charge < -0.3 is 15.4 Å². The number of hydrogen-bond acceptors (Lipinski definition) is 4. The van der Waals surface area contributed by atoms with E-state index >= 15 is 0 Å². The minimum atomic E-state index is -0.874. The molecule has 1 aliphatic rings. The van der Waals surface area contributed by atoms with Crippen molar-refractivity contribution in [2.24, 2.45) is 4.99 Å². The normalized spacial score (nSPS) is 17.3. The molecule has 0 aliphatic carbocycles. The van der Waals surface area contributed by atoms with Crippen LogP contribution < -0.4 is 15.4 Å². The van der Waals surface area contributed by atoms with Crippen molar-refractivity contribution in [3.63, 3.8) is 0 Å². The predicted molar refractivity (Wildman–Crippen MR) is 134 cm³/mol. The fraction of sp³-hybridized carbons (Fsp3) is 0.667. The van der Waals surface area contributed by atoms with Crippen molar-refractivity contribution in [1.82, 2.24) is 15.5 Å². The molecule has 0 radical (unpaired) electrons. The second kappa shape index (κ2) is 12.7. The van der Waals surface area contributed by atoms with Gasteiger partial charge in [0, 0.05) is 47.0 Å². The Bertz CT molecular complexity index is 673. The zero-order valence-electron chi connectivity index (χ0n) is 18.4. The number of rotatable bonds is 8. The fourth-order valence-electron chi connectivity index (χ4n) is 3.41. The van der Waals surface area contributed by atoms with Crippen LogP contribution in [-0.4, -0.2) is 65.9 Å². The number of halogens is 1. The van der Waals surface area contributed by atoms with Gasteiger partial charge in [-0.15, -0.1) is 24.0 Å². The summed E-state index contributed by atoms with van der Waals surface area (Å²) in [4.78, 5) is 6.83. The highest BCUT2D eigenvalue weighted by Crippen LogP contribution is 2.31. The molecule has 0 saturated carbocycles. The summed E-state index contributed by atoms with van der Waals surface area (Å²) >= 11 is 0. The lowest BCUT2D eigenvalue weighted by atomic mass is 10.0. The van der Waals surface area contributed by atoms with E-state index in [2.05, 4.69) is 32.7 Å². The van der Waals surface area contributed by atoms with Crippen molar-refractivity contribution >= 4 is 40.7 Å². The van der Waals surface area contributed by atoms with Crippen LogP contribution in [0, 0.1) is 0 Å². The average molecular weight is 537 g/mol. The van der Waals surface area contributed by atoms with Gasteiger partial charge in [0.25, 0.3) is 0 Å². The third kappa shape index (κ3) is 8.05. The van der Waals surface area contributed by atoms with E-state index in [0.29, 0.717) is 12.3 Å². The van der Waals surface area contributed by atoms with Crippen molar-refractivity contribution in [2.45, 2.75) is 44.4 Å². The van der Waals surface area contributed by atoms with E-state index in [9.17, 15) is 4.21 Å². The lowest BCUT2D eigenvalue weighted by molar-refractivity contribution is 0.239. The van der Waals surface area contributed by atoms with Gasteiger partial charge in [0.05, 0.1) is 13.2 Å². The molecule has 0 aromatic heterocycles. The summed E-state index contributed by atoms with van der Waals surface area (Å²) in [6.45, 7) is 9.58. The average Bonchev–Trinajstić information content (AvgIpc) is 3.20. The molecule has 0 spiro atoms. The molecule has 166 valence electrons. The number of nitrogens with one attached hydrogen (secondary N) is 2. The second-order valence-electron chi connectivity index (χ2n) is 8.04. The monoisotopic (exact) mass is 536 g/mol. The first kappa shape index (κ1) is 26.2. The van der Waals surface area contributed by atoms with Crippen LogP contribution in [0.3, 0.4) is 0 Å². The Labute approximate surface area is 195 Å². The molecule has 1 aromatic carbocycles. The quantitative estimate of drug-likeness (QED) is 0.304. The summed E-state index contributed by atoms with van der Waals surface area (Å²) in [5.74, 6) is 2.27. The minimum absolute atomic E-state index is 0. The summed E-state index contributed by atoms with van der Waals surface area (Å²) in [7, 11) is 2.62. The molecule has 2 unspecified atom stereocenters. The Morgan fingerprint density at radius 2 is 1.90 bits per heavy atom. The molecule has 0 bridgehead atoms. The molecular weight excluding hydrogens is 499 g/mol. The van der Waals surface area contributed by atoms with Gasteiger partial charge in [-0.05, 0) is 52.8 Å². The Kier molecular flexibility index (Phi) is 11.5. The molecule has 2 N–H and O–H groups in total. The highest BCUT2D eigenvalue weighted by atomic mass is 127. The highest BCUT2D eigenvalue weighted by Gasteiger charge is 2.26. The standard InChI is InChI=1S/C21H36N4O2S.HI/c1-21(2,3)28(26)15-12-23-20(22-4)24-16-18(25-13-8-9-14-25)17-10-6-7-11-19(17)27-5;/h6-7,10-11,18H,8-9,12-16H2,1-5H3,(H2,22,23,24);1H. The fourth-order valence-corrected chi connectivity index (χ4v) is 4.31. The summed E-state index contributed by atoms with van der Waals surface area (Å²) in [5.41, 5.74) is 1.20. The predicted octanol–water partition coefficient (Wildman–Crippen LogP) is 3.16. The molecule has 1 aromatic rings. The Morgan fingerprint density at radius 1 is 1.24 bits per heavy atom. The number of aliphatic imine (C=N–C) groups is 1. The van der Waals surface area contributed by atoms with Crippen LogP contribution in [-0.2, 0) is 10.8 Å². The molecule has 0 amide bonds. The molecule has 29 heavy (non-hydrogen) atoms.